The number of benzene rings is 1. The molecule has 2 aromatic rings. The topological polar surface area (TPSA) is 50.2 Å². The molecule has 0 amide bonds. The molecule has 2 heterocycles. The van der Waals surface area contributed by atoms with Crippen molar-refractivity contribution in [2.24, 2.45) is 7.05 Å². The zero-order valence-electron chi connectivity index (χ0n) is 15.4. The van der Waals surface area contributed by atoms with Gasteiger partial charge in [0.25, 0.3) is 5.56 Å². The van der Waals surface area contributed by atoms with Gasteiger partial charge in [-0.15, -0.1) is 0 Å². The molecule has 1 saturated heterocycles. The van der Waals surface area contributed by atoms with Crippen LogP contribution in [-0.2, 0) is 7.05 Å². The highest BCUT2D eigenvalue weighted by Crippen LogP contribution is 2.28. The molecule has 136 valence electrons. The van der Waals surface area contributed by atoms with E-state index in [0.717, 1.165) is 25.2 Å². The Bertz CT molecular complexity index is 732. The summed E-state index contributed by atoms with van der Waals surface area (Å²) in [6.07, 6.45) is 2.74. The van der Waals surface area contributed by atoms with Crippen LogP contribution in [0.3, 0.4) is 0 Å². The van der Waals surface area contributed by atoms with Crippen LogP contribution in [0.25, 0.3) is 0 Å². The van der Waals surface area contributed by atoms with E-state index in [1.165, 1.54) is 10.2 Å². The third-order valence-electron chi connectivity index (χ3n) is 4.34. The second-order valence-electron chi connectivity index (χ2n) is 6.21. The minimum atomic E-state index is -0.126. The number of rotatable bonds is 3. The molecule has 0 aliphatic carbocycles. The van der Waals surface area contributed by atoms with Crippen molar-refractivity contribution in [3.8, 4) is 0 Å². The van der Waals surface area contributed by atoms with Crippen molar-refractivity contribution >= 4 is 21.6 Å². The molecular weight excluding hydrogens is 380 g/mol. The summed E-state index contributed by atoms with van der Waals surface area (Å²) in [5.74, 6) is 0.491. The summed E-state index contributed by atoms with van der Waals surface area (Å²) >= 11 is 3.38. The number of halogens is 1. The predicted molar refractivity (Wildman–Crippen MR) is 107 cm³/mol. The van der Waals surface area contributed by atoms with E-state index in [-0.39, 0.29) is 11.6 Å². The van der Waals surface area contributed by atoms with Gasteiger partial charge in [-0.25, -0.2) is 4.68 Å². The third kappa shape index (κ3) is 4.92. The predicted octanol–water partition coefficient (Wildman–Crippen LogP) is 3.47. The van der Waals surface area contributed by atoms with Gasteiger partial charge in [-0.2, -0.15) is 5.10 Å². The average Bonchev–Trinajstić information content (AvgIpc) is 2.64. The SMILES string of the molecule is CC.CN1CC(Nc2cnn(C)c(=O)c2Br)CC(c2ccccc2)C1. The Labute approximate surface area is 158 Å². The molecule has 1 aliphatic heterocycles. The quantitative estimate of drug-likeness (QED) is 0.847. The van der Waals surface area contributed by atoms with Crippen molar-refractivity contribution in [1.29, 1.82) is 0 Å². The molecule has 5 nitrogen and oxygen atoms in total. The van der Waals surface area contributed by atoms with Gasteiger partial charge in [0.1, 0.15) is 4.47 Å². The van der Waals surface area contributed by atoms with Crippen molar-refractivity contribution in [1.82, 2.24) is 14.7 Å². The van der Waals surface area contributed by atoms with Gasteiger partial charge >= 0.3 is 0 Å². The molecule has 0 radical (unpaired) electrons. The number of anilines is 1. The number of nitrogens with zero attached hydrogens (tertiary/aromatic N) is 3. The zero-order valence-corrected chi connectivity index (χ0v) is 17.0. The summed E-state index contributed by atoms with van der Waals surface area (Å²) in [5, 5.41) is 7.58. The van der Waals surface area contributed by atoms with Gasteiger partial charge in [0.15, 0.2) is 0 Å². The number of likely N-dealkylation sites (tertiary alicyclic amines) is 1. The summed E-state index contributed by atoms with van der Waals surface area (Å²) in [6, 6.07) is 10.9. The van der Waals surface area contributed by atoms with E-state index in [9.17, 15) is 4.79 Å². The van der Waals surface area contributed by atoms with Crippen LogP contribution in [0.1, 0.15) is 31.7 Å². The van der Waals surface area contributed by atoms with E-state index in [1.807, 2.05) is 19.9 Å². The Morgan fingerprint density at radius 3 is 2.52 bits per heavy atom. The fourth-order valence-electron chi connectivity index (χ4n) is 3.22. The molecule has 3 rings (SSSR count). The Balaban J connectivity index is 0.00000109. The van der Waals surface area contributed by atoms with Crippen molar-refractivity contribution < 1.29 is 0 Å². The fraction of sp³-hybridized carbons (Fsp3) is 0.474. The summed E-state index contributed by atoms with van der Waals surface area (Å²) in [5.41, 5.74) is 2.01. The summed E-state index contributed by atoms with van der Waals surface area (Å²) in [6.45, 7) is 6.00. The number of likely N-dealkylation sites (N-methyl/N-ethyl adjacent to an activating group) is 1. The molecule has 1 aliphatic rings. The van der Waals surface area contributed by atoms with Gasteiger partial charge in [0, 0.05) is 26.2 Å². The monoisotopic (exact) mass is 406 g/mol. The molecule has 0 saturated carbocycles. The van der Waals surface area contributed by atoms with Crippen LogP contribution in [0.4, 0.5) is 5.69 Å². The van der Waals surface area contributed by atoms with Gasteiger partial charge in [0.05, 0.1) is 11.9 Å². The third-order valence-corrected chi connectivity index (χ3v) is 5.11. The van der Waals surface area contributed by atoms with Gasteiger partial charge in [-0.1, -0.05) is 44.2 Å². The highest BCUT2D eigenvalue weighted by Gasteiger charge is 2.27. The summed E-state index contributed by atoms with van der Waals surface area (Å²) < 4.78 is 1.87. The molecule has 2 unspecified atom stereocenters. The van der Waals surface area contributed by atoms with E-state index in [4.69, 9.17) is 0 Å². The van der Waals surface area contributed by atoms with Gasteiger partial charge in [0.2, 0.25) is 0 Å². The second-order valence-corrected chi connectivity index (χ2v) is 7.00. The molecule has 1 aromatic heterocycles. The molecule has 1 fully saturated rings. The minimum Gasteiger partial charge on any atom is -0.379 e. The first-order chi connectivity index (χ1) is 12.0. The van der Waals surface area contributed by atoms with Crippen molar-refractivity contribution in [3.05, 3.63) is 56.9 Å². The first-order valence-corrected chi connectivity index (χ1v) is 9.55. The minimum absolute atomic E-state index is 0.126. The van der Waals surface area contributed by atoms with Gasteiger partial charge in [-0.3, -0.25) is 4.79 Å². The van der Waals surface area contributed by atoms with Crippen molar-refractivity contribution in [3.63, 3.8) is 0 Å². The standard InChI is InChI=1S/C17H21BrN4O.C2H6/c1-21-10-13(12-6-4-3-5-7-12)8-14(11-21)20-15-9-19-22(2)17(23)16(15)18;1-2/h3-7,9,13-14,20H,8,10-11H2,1-2H3;1-2H3. The van der Waals surface area contributed by atoms with Crippen molar-refractivity contribution in [2.75, 3.05) is 25.5 Å². The maximum atomic E-state index is 12.0. The molecular formula is C19H27BrN4O. The molecule has 6 heteroatoms. The molecule has 1 aromatic carbocycles. The Kier molecular flexibility index (Phi) is 7.20. The largest absolute Gasteiger partial charge is 0.379 e. The number of hydrogen-bond acceptors (Lipinski definition) is 4. The van der Waals surface area contributed by atoms with Crippen LogP contribution >= 0.6 is 15.9 Å². The van der Waals surface area contributed by atoms with Gasteiger partial charge < -0.3 is 10.2 Å². The molecule has 0 bridgehead atoms. The maximum absolute atomic E-state index is 12.0. The number of aryl methyl sites for hydroxylation is 1. The van der Waals surface area contributed by atoms with Crippen LogP contribution in [0, 0.1) is 0 Å². The van der Waals surface area contributed by atoms with Crippen LogP contribution in [0.15, 0.2) is 45.8 Å². The molecule has 1 N–H and O–H groups in total. The van der Waals surface area contributed by atoms with Crippen LogP contribution < -0.4 is 10.9 Å². The first-order valence-electron chi connectivity index (χ1n) is 8.76. The Morgan fingerprint density at radius 2 is 1.84 bits per heavy atom. The lowest BCUT2D eigenvalue weighted by molar-refractivity contribution is 0.235. The first kappa shape index (κ1) is 19.7. The Hall–Kier alpha value is -1.66. The highest BCUT2D eigenvalue weighted by molar-refractivity contribution is 9.10. The number of aromatic nitrogens is 2. The van der Waals surface area contributed by atoms with Crippen molar-refractivity contribution in [2.45, 2.75) is 32.2 Å². The second kappa shape index (κ2) is 9.15. The Morgan fingerprint density at radius 1 is 1.16 bits per heavy atom. The van der Waals surface area contributed by atoms with E-state index in [0.29, 0.717) is 10.4 Å². The van der Waals surface area contributed by atoms with E-state index < -0.39 is 0 Å². The summed E-state index contributed by atoms with van der Waals surface area (Å²) in [7, 11) is 3.79. The molecule has 25 heavy (non-hydrogen) atoms. The number of piperidine rings is 1. The fourth-order valence-corrected chi connectivity index (χ4v) is 3.70. The lowest BCUT2D eigenvalue weighted by Gasteiger charge is -2.36. The highest BCUT2D eigenvalue weighted by atomic mass is 79.9. The van der Waals surface area contributed by atoms with Crippen LogP contribution in [0.5, 0.6) is 0 Å². The smallest absolute Gasteiger partial charge is 0.282 e. The molecule has 0 spiro atoms. The van der Waals surface area contributed by atoms with E-state index >= 15 is 0 Å². The number of hydrogen-bond donors (Lipinski definition) is 1. The zero-order chi connectivity index (χ0) is 18.4. The van der Waals surface area contributed by atoms with Gasteiger partial charge in [-0.05, 0) is 40.9 Å². The van der Waals surface area contributed by atoms with Crippen LogP contribution in [0.2, 0.25) is 0 Å². The average molecular weight is 407 g/mol. The lowest BCUT2D eigenvalue weighted by Crippen LogP contribution is -2.43. The van der Waals surface area contributed by atoms with Crippen LogP contribution in [-0.4, -0.2) is 40.9 Å². The van der Waals surface area contributed by atoms with E-state index in [1.54, 1.807) is 13.2 Å². The van der Waals surface area contributed by atoms with E-state index in [2.05, 4.69) is 62.6 Å². The summed E-state index contributed by atoms with van der Waals surface area (Å²) in [4.78, 5) is 14.3. The normalized spacial score (nSPS) is 20.5. The number of nitrogens with one attached hydrogen (secondary N) is 1. The maximum Gasteiger partial charge on any atom is 0.282 e. The lowest BCUT2D eigenvalue weighted by atomic mass is 9.88. The molecule has 2 atom stereocenters.